The normalized spacial score (nSPS) is 12.8. The summed E-state index contributed by atoms with van der Waals surface area (Å²) in [5, 5.41) is 4.14. The van der Waals surface area contributed by atoms with Crippen LogP contribution in [0.25, 0.3) is 0 Å². The molecule has 0 aromatic carbocycles. The van der Waals surface area contributed by atoms with Gasteiger partial charge in [-0.25, -0.2) is 0 Å². The summed E-state index contributed by atoms with van der Waals surface area (Å²) in [6, 6.07) is 0. The Morgan fingerprint density at radius 1 is 1.60 bits per heavy atom. The summed E-state index contributed by atoms with van der Waals surface area (Å²) in [4.78, 5) is 12.0. The van der Waals surface area contributed by atoms with Crippen molar-refractivity contribution in [3.63, 3.8) is 0 Å². The van der Waals surface area contributed by atoms with Gasteiger partial charge in [0, 0.05) is 13.0 Å². The minimum absolute atomic E-state index is 0.176. The summed E-state index contributed by atoms with van der Waals surface area (Å²) in [6.07, 6.45) is 3.32. The van der Waals surface area contributed by atoms with E-state index in [0.717, 1.165) is 17.4 Å². The van der Waals surface area contributed by atoms with Crippen LogP contribution in [-0.2, 0) is 6.54 Å². The number of aromatic nitrogens is 2. The monoisotopic (exact) mass is 272 g/mol. The van der Waals surface area contributed by atoms with Gasteiger partial charge in [-0.3, -0.25) is 9.48 Å². The lowest BCUT2D eigenvalue weighted by molar-refractivity contribution is 0.0952. The van der Waals surface area contributed by atoms with Gasteiger partial charge in [0.25, 0.3) is 0 Å². The quantitative estimate of drug-likeness (QED) is 0.771. The Morgan fingerprint density at radius 3 is 2.80 bits per heavy atom. The summed E-state index contributed by atoms with van der Waals surface area (Å²) < 4.78 is 2.55. The molecule has 0 bridgehead atoms. The Kier molecular flexibility index (Phi) is 4.51. The van der Waals surface area contributed by atoms with Crippen LogP contribution in [0.15, 0.2) is 10.7 Å². The Labute approximate surface area is 99.0 Å². The SMILES string of the molecule is CCC(C)CC(=O)c1c(Br)cnn1CC. The van der Waals surface area contributed by atoms with Crippen molar-refractivity contribution in [1.82, 2.24) is 9.78 Å². The second-order valence-corrected chi connectivity index (χ2v) is 4.65. The Hall–Kier alpha value is -0.640. The Balaban J connectivity index is 2.85. The zero-order valence-corrected chi connectivity index (χ0v) is 11.0. The lowest BCUT2D eigenvalue weighted by Crippen LogP contribution is -2.12. The maximum absolute atomic E-state index is 12.0. The van der Waals surface area contributed by atoms with E-state index < -0.39 is 0 Å². The van der Waals surface area contributed by atoms with Gasteiger partial charge in [-0.15, -0.1) is 0 Å². The number of hydrogen-bond donors (Lipinski definition) is 0. The van der Waals surface area contributed by atoms with Crippen LogP contribution in [0.4, 0.5) is 0 Å². The fourth-order valence-corrected chi connectivity index (χ4v) is 1.95. The number of ketones is 1. The zero-order chi connectivity index (χ0) is 11.4. The van der Waals surface area contributed by atoms with Gasteiger partial charge in [-0.05, 0) is 28.8 Å². The minimum atomic E-state index is 0.176. The van der Waals surface area contributed by atoms with Crippen molar-refractivity contribution in [1.29, 1.82) is 0 Å². The molecule has 84 valence electrons. The molecule has 0 fully saturated rings. The first-order valence-electron chi connectivity index (χ1n) is 5.34. The van der Waals surface area contributed by atoms with Gasteiger partial charge in [-0.2, -0.15) is 5.10 Å². The first-order chi connectivity index (χ1) is 7.10. The summed E-state index contributed by atoms with van der Waals surface area (Å²) >= 11 is 3.37. The van der Waals surface area contributed by atoms with Crippen LogP contribution in [-0.4, -0.2) is 15.6 Å². The van der Waals surface area contributed by atoms with Crippen molar-refractivity contribution in [2.24, 2.45) is 5.92 Å². The molecule has 0 spiro atoms. The largest absolute Gasteiger partial charge is 0.292 e. The molecule has 4 heteroatoms. The van der Waals surface area contributed by atoms with Gasteiger partial charge in [0.05, 0.1) is 10.7 Å². The molecular weight excluding hydrogens is 256 g/mol. The van der Waals surface area contributed by atoms with Gasteiger partial charge in [-0.1, -0.05) is 20.3 Å². The molecule has 0 saturated carbocycles. The lowest BCUT2D eigenvalue weighted by atomic mass is 10.0. The average molecular weight is 273 g/mol. The molecule has 0 radical (unpaired) electrons. The van der Waals surface area contributed by atoms with Crippen LogP contribution in [0.3, 0.4) is 0 Å². The fourth-order valence-electron chi connectivity index (χ4n) is 1.44. The van der Waals surface area contributed by atoms with Gasteiger partial charge < -0.3 is 0 Å². The molecule has 1 aromatic rings. The van der Waals surface area contributed by atoms with Crippen LogP contribution in [0.5, 0.6) is 0 Å². The molecule has 0 aliphatic heterocycles. The first-order valence-corrected chi connectivity index (χ1v) is 6.13. The van der Waals surface area contributed by atoms with Gasteiger partial charge in [0.2, 0.25) is 0 Å². The van der Waals surface area contributed by atoms with Crippen LogP contribution >= 0.6 is 15.9 Å². The highest BCUT2D eigenvalue weighted by atomic mass is 79.9. The van der Waals surface area contributed by atoms with E-state index >= 15 is 0 Å². The maximum Gasteiger partial charge on any atom is 0.182 e. The number of carbonyl (C=O) groups excluding carboxylic acids is 1. The molecule has 1 heterocycles. The van der Waals surface area contributed by atoms with E-state index in [9.17, 15) is 4.79 Å². The molecule has 0 amide bonds. The van der Waals surface area contributed by atoms with E-state index in [1.165, 1.54) is 0 Å². The predicted octanol–water partition coefficient (Wildman–Crippen LogP) is 3.28. The summed E-state index contributed by atoms with van der Waals surface area (Å²) in [5.41, 5.74) is 0.706. The summed E-state index contributed by atoms with van der Waals surface area (Å²) in [7, 11) is 0. The molecule has 15 heavy (non-hydrogen) atoms. The molecular formula is C11H17BrN2O. The van der Waals surface area contributed by atoms with Crippen molar-refractivity contribution in [3.05, 3.63) is 16.4 Å². The second kappa shape index (κ2) is 5.45. The number of carbonyl (C=O) groups is 1. The molecule has 1 rings (SSSR count). The highest BCUT2D eigenvalue weighted by Crippen LogP contribution is 2.20. The average Bonchev–Trinajstić information content (AvgIpc) is 2.59. The summed E-state index contributed by atoms with van der Waals surface area (Å²) in [6.45, 7) is 6.91. The topological polar surface area (TPSA) is 34.9 Å². The third kappa shape index (κ3) is 2.91. The summed E-state index contributed by atoms with van der Waals surface area (Å²) in [5.74, 6) is 0.611. The van der Waals surface area contributed by atoms with Gasteiger partial charge in [0.1, 0.15) is 5.69 Å². The third-order valence-corrected chi connectivity index (χ3v) is 3.17. The minimum Gasteiger partial charge on any atom is -0.292 e. The van der Waals surface area contributed by atoms with E-state index in [-0.39, 0.29) is 5.78 Å². The van der Waals surface area contributed by atoms with Crippen molar-refractivity contribution in [2.45, 2.75) is 40.2 Å². The standard InChI is InChI=1S/C11H17BrN2O/c1-4-8(3)6-10(15)11-9(12)7-13-14(11)5-2/h7-8H,4-6H2,1-3H3. The van der Waals surface area contributed by atoms with E-state index in [4.69, 9.17) is 0 Å². The van der Waals surface area contributed by atoms with E-state index in [2.05, 4.69) is 34.9 Å². The molecule has 1 unspecified atom stereocenters. The molecule has 0 N–H and O–H groups in total. The molecule has 1 aromatic heterocycles. The molecule has 1 atom stereocenters. The van der Waals surface area contributed by atoms with Crippen molar-refractivity contribution in [3.8, 4) is 0 Å². The van der Waals surface area contributed by atoms with Gasteiger partial charge >= 0.3 is 0 Å². The van der Waals surface area contributed by atoms with Crippen LogP contribution in [0.2, 0.25) is 0 Å². The third-order valence-electron chi connectivity index (χ3n) is 2.59. The number of halogens is 1. The van der Waals surface area contributed by atoms with Crippen molar-refractivity contribution in [2.75, 3.05) is 0 Å². The van der Waals surface area contributed by atoms with Crippen LogP contribution in [0.1, 0.15) is 44.1 Å². The van der Waals surface area contributed by atoms with E-state index in [1.807, 2.05) is 6.92 Å². The van der Waals surface area contributed by atoms with Crippen LogP contribution < -0.4 is 0 Å². The van der Waals surface area contributed by atoms with Gasteiger partial charge in [0.15, 0.2) is 5.78 Å². The molecule has 0 aliphatic carbocycles. The highest BCUT2D eigenvalue weighted by molar-refractivity contribution is 9.10. The van der Waals surface area contributed by atoms with Crippen molar-refractivity contribution < 1.29 is 4.79 Å². The second-order valence-electron chi connectivity index (χ2n) is 3.80. The number of hydrogen-bond acceptors (Lipinski definition) is 2. The zero-order valence-electron chi connectivity index (χ0n) is 9.46. The molecule has 0 aliphatic rings. The van der Waals surface area contributed by atoms with Crippen LogP contribution in [0, 0.1) is 5.92 Å². The Bertz CT molecular complexity index is 346. The number of nitrogens with zero attached hydrogens (tertiary/aromatic N) is 2. The number of aryl methyl sites for hydroxylation is 1. The highest BCUT2D eigenvalue weighted by Gasteiger charge is 2.17. The maximum atomic E-state index is 12.0. The van der Waals surface area contributed by atoms with E-state index in [0.29, 0.717) is 18.0 Å². The molecule has 0 saturated heterocycles. The smallest absolute Gasteiger partial charge is 0.182 e. The lowest BCUT2D eigenvalue weighted by Gasteiger charge is -2.08. The number of Topliss-reactive ketones (excluding diaryl/α,β-unsaturated/α-hetero) is 1. The fraction of sp³-hybridized carbons (Fsp3) is 0.636. The number of rotatable bonds is 5. The van der Waals surface area contributed by atoms with Crippen molar-refractivity contribution >= 4 is 21.7 Å². The Morgan fingerprint density at radius 2 is 2.27 bits per heavy atom. The molecule has 3 nitrogen and oxygen atoms in total. The predicted molar refractivity (Wildman–Crippen MR) is 64.0 cm³/mol. The van der Waals surface area contributed by atoms with E-state index in [1.54, 1.807) is 10.9 Å². The first kappa shape index (κ1) is 12.4.